The SMILES string of the molecule is CC(C)(c1ccc(C(C)(C)C2c3ccccc3C(=O)c3ccccc32)cc1)C1c2ccccc2C(=O)c2ccccc21. The summed E-state index contributed by atoms with van der Waals surface area (Å²) >= 11 is 0. The predicted octanol–water partition coefficient (Wildman–Crippen LogP) is 8.99. The van der Waals surface area contributed by atoms with Gasteiger partial charge < -0.3 is 0 Å². The predicted molar refractivity (Wildman–Crippen MR) is 169 cm³/mol. The van der Waals surface area contributed by atoms with Crippen molar-refractivity contribution in [1.29, 1.82) is 0 Å². The molecule has 7 rings (SSSR count). The number of hydrogen-bond donors (Lipinski definition) is 0. The molecule has 0 unspecified atom stereocenters. The van der Waals surface area contributed by atoms with Crippen molar-refractivity contribution in [3.8, 4) is 0 Å². The molecule has 0 heterocycles. The van der Waals surface area contributed by atoms with Gasteiger partial charge in [-0.25, -0.2) is 0 Å². The van der Waals surface area contributed by atoms with Crippen LogP contribution in [0.1, 0.15) is 105 Å². The number of fused-ring (bicyclic) bond motifs is 4. The van der Waals surface area contributed by atoms with Crippen LogP contribution in [0.3, 0.4) is 0 Å². The molecule has 0 N–H and O–H groups in total. The molecule has 42 heavy (non-hydrogen) atoms. The molecule has 2 aliphatic carbocycles. The summed E-state index contributed by atoms with van der Waals surface area (Å²) in [6, 6.07) is 41.4. The third-order valence-electron chi connectivity index (χ3n) is 9.88. The van der Waals surface area contributed by atoms with Gasteiger partial charge in [0.05, 0.1) is 0 Å². The first-order chi connectivity index (χ1) is 20.2. The Balaban J connectivity index is 1.31. The minimum atomic E-state index is -0.272. The molecule has 0 aromatic heterocycles. The zero-order chi connectivity index (χ0) is 29.2. The normalized spacial score (nSPS) is 15.0. The number of benzene rings is 5. The molecule has 2 aliphatic rings. The summed E-state index contributed by atoms with van der Waals surface area (Å²) in [7, 11) is 0. The van der Waals surface area contributed by atoms with E-state index in [0.29, 0.717) is 0 Å². The molecule has 2 nitrogen and oxygen atoms in total. The van der Waals surface area contributed by atoms with Crippen LogP contribution in [0.4, 0.5) is 0 Å². The maximum Gasteiger partial charge on any atom is 0.193 e. The fourth-order valence-electron chi connectivity index (χ4n) is 7.66. The van der Waals surface area contributed by atoms with Gasteiger partial charge in [-0.05, 0) is 33.4 Å². The average Bonchev–Trinajstić information content (AvgIpc) is 3.01. The van der Waals surface area contributed by atoms with Crippen molar-refractivity contribution in [3.63, 3.8) is 0 Å². The average molecular weight is 547 g/mol. The highest BCUT2D eigenvalue weighted by Crippen LogP contribution is 2.51. The Kier molecular flexibility index (Phi) is 5.95. The number of carbonyl (C=O) groups is 2. The third kappa shape index (κ3) is 3.78. The first kappa shape index (κ1) is 26.3. The second-order valence-electron chi connectivity index (χ2n) is 12.9. The van der Waals surface area contributed by atoms with E-state index in [2.05, 4.69) is 76.2 Å². The Morgan fingerprint density at radius 2 is 0.619 bits per heavy atom. The third-order valence-corrected chi connectivity index (χ3v) is 9.88. The molecule has 0 aliphatic heterocycles. The Bertz CT molecular complexity index is 1640. The summed E-state index contributed by atoms with van der Waals surface area (Å²) in [6.45, 7) is 9.17. The molecule has 0 amide bonds. The lowest BCUT2D eigenvalue weighted by Crippen LogP contribution is -2.34. The fourth-order valence-corrected chi connectivity index (χ4v) is 7.66. The van der Waals surface area contributed by atoms with E-state index in [0.717, 1.165) is 44.5 Å². The molecule has 0 saturated carbocycles. The molecular formula is C40H34O2. The van der Waals surface area contributed by atoms with Crippen LogP contribution in [0.15, 0.2) is 121 Å². The van der Waals surface area contributed by atoms with E-state index in [4.69, 9.17) is 0 Å². The Morgan fingerprint density at radius 1 is 0.381 bits per heavy atom. The molecular weight excluding hydrogens is 512 g/mol. The summed E-state index contributed by atoms with van der Waals surface area (Å²) in [6.07, 6.45) is 0. The molecule has 0 saturated heterocycles. The number of rotatable bonds is 4. The molecule has 5 aromatic carbocycles. The minimum Gasteiger partial charge on any atom is -0.289 e. The van der Waals surface area contributed by atoms with Crippen molar-refractivity contribution in [1.82, 2.24) is 0 Å². The van der Waals surface area contributed by atoms with Gasteiger partial charge in [0.15, 0.2) is 11.6 Å². The van der Waals surface area contributed by atoms with Crippen LogP contribution >= 0.6 is 0 Å². The highest BCUT2D eigenvalue weighted by atomic mass is 16.1. The van der Waals surface area contributed by atoms with Gasteiger partial charge in [-0.15, -0.1) is 0 Å². The topological polar surface area (TPSA) is 34.1 Å². The number of ketones is 2. The van der Waals surface area contributed by atoms with Crippen molar-refractivity contribution in [2.24, 2.45) is 0 Å². The maximum atomic E-state index is 13.4. The maximum absolute atomic E-state index is 13.4. The van der Waals surface area contributed by atoms with Gasteiger partial charge in [0.1, 0.15) is 0 Å². The minimum absolute atomic E-state index is 0.0459. The monoisotopic (exact) mass is 546 g/mol. The van der Waals surface area contributed by atoms with E-state index in [1.165, 1.54) is 11.1 Å². The van der Waals surface area contributed by atoms with Gasteiger partial charge in [0.2, 0.25) is 0 Å². The largest absolute Gasteiger partial charge is 0.289 e. The van der Waals surface area contributed by atoms with Crippen LogP contribution in [0.25, 0.3) is 0 Å². The Hall–Kier alpha value is -4.56. The highest BCUT2D eigenvalue weighted by Gasteiger charge is 2.43. The molecule has 5 aromatic rings. The van der Waals surface area contributed by atoms with Crippen LogP contribution in [0.5, 0.6) is 0 Å². The Labute approximate surface area is 248 Å². The van der Waals surface area contributed by atoms with Crippen LogP contribution in [0.2, 0.25) is 0 Å². The molecule has 0 bridgehead atoms. The van der Waals surface area contributed by atoms with Gasteiger partial charge in [-0.1, -0.05) is 149 Å². The van der Waals surface area contributed by atoms with E-state index in [1.54, 1.807) is 0 Å². The highest BCUT2D eigenvalue weighted by molar-refractivity contribution is 6.13. The summed E-state index contributed by atoms with van der Waals surface area (Å²) in [5.74, 6) is 0.308. The van der Waals surface area contributed by atoms with E-state index in [-0.39, 0.29) is 34.2 Å². The lowest BCUT2D eigenvalue weighted by Gasteiger charge is -2.41. The van der Waals surface area contributed by atoms with Crippen molar-refractivity contribution in [3.05, 3.63) is 177 Å². The summed E-state index contributed by atoms with van der Waals surface area (Å²) in [4.78, 5) is 26.8. The molecule has 0 radical (unpaired) electrons. The molecule has 0 spiro atoms. The van der Waals surface area contributed by atoms with E-state index < -0.39 is 0 Å². The standard InChI is InChI=1S/C40H34O2/c1-39(2,35-27-13-5-9-17-31(27)37(41)32-18-10-6-14-28(32)35)25-21-23-26(24-22-25)40(3,4)36-29-15-7-11-19-33(29)38(42)34-20-12-8-16-30(34)36/h5-24,35-36H,1-4H3. The summed E-state index contributed by atoms with van der Waals surface area (Å²) in [5, 5.41) is 0. The second kappa shape index (κ2) is 9.49. The van der Waals surface area contributed by atoms with Gasteiger partial charge in [0, 0.05) is 44.9 Å². The van der Waals surface area contributed by atoms with Gasteiger partial charge in [0.25, 0.3) is 0 Å². The lowest BCUT2D eigenvalue weighted by molar-refractivity contribution is 0.102. The van der Waals surface area contributed by atoms with Gasteiger partial charge in [-0.2, -0.15) is 0 Å². The lowest BCUT2D eigenvalue weighted by atomic mass is 9.61. The van der Waals surface area contributed by atoms with Crippen molar-refractivity contribution in [2.45, 2.75) is 50.4 Å². The fraction of sp³-hybridized carbons (Fsp3) is 0.200. The number of carbonyl (C=O) groups excluding carboxylic acids is 2. The molecule has 206 valence electrons. The van der Waals surface area contributed by atoms with Crippen molar-refractivity contribution >= 4 is 11.6 Å². The van der Waals surface area contributed by atoms with Crippen molar-refractivity contribution < 1.29 is 9.59 Å². The van der Waals surface area contributed by atoms with Crippen LogP contribution < -0.4 is 0 Å². The van der Waals surface area contributed by atoms with Crippen LogP contribution in [-0.2, 0) is 10.8 Å². The van der Waals surface area contributed by atoms with E-state index in [9.17, 15) is 9.59 Å². The second-order valence-corrected chi connectivity index (χ2v) is 12.9. The molecule has 0 atom stereocenters. The van der Waals surface area contributed by atoms with Crippen LogP contribution in [-0.4, -0.2) is 11.6 Å². The van der Waals surface area contributed by atoms with Crippen LogP contribution in [0, 0.1) is 0 Å². The first-order valence-electron chi connectivity index (χ1n) is 14.8. The first-order valence-corrected chi connectivity index (χ1v) is 14.8. The number of hydrogen-bond acceptors (Lipinski definition) is 2. The smallest absolute Gasteiger partial charge is 0.193 e. The van der Waals surface area contributed by atoms with Crippen molar-refractivity contribution in [2.75, 3.05) is 0 Å². The van der Waals surface area contributed by atoms with E-state index in [1.807, 2.05) is 72.8 Å². The zero-order valence-corrected chi connectivity index (χ0v) is 24.5. The summed E-state index contributed by atoms with van der Waals surface area (Å²) in [5.41, 5.74) is 9.49. The van der Waals surface area contributed by atoms with Gasteiger partial charge >= 0.3 is 0 Å². The van der Waals surface area contributed by atoms with Gasteiger partial charge in [-0.3, -0.25) is 9.59 Å². The summed E-state index contributed by atoms with van der Waals surface area (Å²) < 4.78 is 0. The van der Waals surface area contributed by atoms with E-state index >= 15 is 0 Å². The quantitative estimate of drug-likeness (QED) is 0.225. The molecule has 2 heteroatoms. The molecule has 0 fully saturated rings. The zero-order valence-electron chi connectivity index (χ0n) is 24.5. The Morgan fingerprint density at radius 3 is 0.881 bits per heavy atom.